The quantitative estimate of drug-likeness (QED) is 0.417. The number of aromatic nitrogens is 5. The van der Waals surface area contributed by atoms with E-state index in [2.05, 4.69) is 68.9 Å². The van der Waals surface area contributed by atoms with Gasteiger partial charge in [0.2, 0.25) is 5.95 Å². The molecule has 0 atom stereocenters. The van der Waals surface area contributed by atoms with Gasteiger partial charge in [0.1, 0.15) is 5.39 Å². The van der Waals surface area contributed by atoms with Crippen molar-refractivity contribution in [1.82, 2.24) is 29.6 Å². The molecule has 8 heteroatoms. The number of anilines is 2. The Bertz CT molecular complexity index is 1500. The number of hydrogen-bond acceptors (Lipinski definition) is 6. The Morgan fingerprint density at radius 1 is 1.20 bits per heavy atom. The molecule has 1 aliphatic rings. The minimum absolute atomic E-state index is 0.0397. The van der Waals surface area contributed by atoms with Gasteiger partial charge in [-0.2, -0.15) is 4.98 Å². The summed E-state index contributed by atoms with van der Waals surface area (Å²) in [7, 11) is 0. The standard InChI is InChI=1S/C27H31N7O/c1-7-13-33-24(35)19-16-28-25(30-18-11-12-20-17(14-18)15-29-27(20,5)6)32-23(19)34(33)22-10-8-9-21(31-22)26(2,3)4/h7-12,14,16,29H,1,13,15H2,2-6H3,(H,28,30,32). The second-order valence-electron chi connectivity index (χ2n) is 10.5. The average Bonchev–Trinajstić information content (AvgIpc) is 3.26. The number of nitrogens with one attached hydrogen (secondary N) is 2. The molecule has 1 aromatic carbocycles. The lowest BCUT2D eigenvalue weighted by atomic mass is 9.92. The fraction of sp³-hybridized carbons (Fsp3) is 0.333. The van der Waals surface area contributed by atoms with E-state index in [1.165, 1.54) is 11.1 Å². The molecule has 1 aliphatic heterocycles. The number of allylic oxidation sites excluding steroid dienone is 1. The molecule has 4 aromatic rings. The van der Waals surface area contributed by atoms with Gasteiger partial charge in [0.25, 0.3) is 5.56 Å². The van der Waals surface area contributed by atoms with Gasteiger partial charge < -0.3 is 10.6 Å². The number of benzene rings is 1. The normalized spacial score (nSPS) is 14.8. The Morgan fingerprint density at radius 2 is 2.00 bits per heavy atom. The van der Waals surface area contributed by atoms with Crippen molar-refractivity contribution in [2.45, 2.75) is 58.7 Å². The van der Waals surface area contributed by atoms with Crippen molar-refractivity contribution in [2.24, 2.45) is 0 Å². The van der Waals surface area contributed by atoms with Crippen LogP contribution in [0.4, 0.5) is 11.6 Å². The topological polar surface area (TPSA) is 89.7 Å². The fourth-order valence-corrected chi connectivity index (χ4v) is 4.54. The number of rotatable bonds is 5. The molecule has 8 nitrogen and oxygen atoms in total. The first-order chi connectivity index (χ1) is 16.6. The molecule has 3 aromatic heterocycles. The molecule has 0 amide bonds. The van der Waals surface area contributed by atoms with E-state index < -0.39 is 0 Å². The van der Waals surface area contributed by atoms with Crippen molar-refractivity contribution in [3.63, 3.8) is 0 Å². The molecule has 5 rings (SSSR count). The van der Waals surface area contributed by atoms with Crippen molar-refractivity contribution in [3.05, 3.63) is 82.4 Å². The lowest BCUT2D eigenvalue weighted by molar-refractivity contribution is 0.442. The van der Waals surface area contributed by atoms with E-state index in [4.69, 9.17) is 9.97 Å². The highest BCUT2D eigenvalue weighted by Gasteiger charge is 2.29. The average molecular weight is 470 g/mol. The zero-order valence-electron chi connectivity index (χ0n) is 20.9. The molecular weight excluding hydrogens is 438 g/mol. The highest BCUT2D eigenvalue weighted by Crippen LogP contribution is 2.32. The largest absolute Gasteiger partial charge is 0.324 e. The van der Waals surface area contributed by atoms with Crippen LogP contribution in [0.25, 0.3) is 16.9 Å². The van der Waals surface area contributed by atoms with Crippen molar-refractivity contribution < 1.29 is 0 Å². The summed E-state index contributed by atoms with van der Waals surface area (Å²) in [6.45, 7) is 15.7. The zero-order valence-corrected chi connectivity index (χ0v) is 20.9. The third-order valence-corrected chi connectivity index (χ3v) is 6.45. The summed E-state index contributed by atoms with van der Waals surface area (Å²) >= 11 is 0. The summed E-state index contributed by atoms with van der Waals surface area (Å²) in [6.07, 6.45) is 3.27. The van der Waals surface area contributed by atoms with Crippen LogP contribution in [-0.2, 0) is 24.0 Å². The lowest BCUT2D eigenvalue weighted by Gasteiger charge is -2.19. The Kier molecular flexibility index (Phi) is 5.36. The van der Waals surface area contributed by atoms with Gasteiger partial charge in [0.15, 0.2) is 11.5 Å². The molecule has 180 valence electrons. The molecule has 0 unspecified atom stereocenters. The van der Waals surface area contributed by atoms with E-state index >= 15 is 0 Å². The smallest absolute Gasteiger partial charge is 0.278 e. The van der Waals surface area contributed by atoms with E-state index in [1.54, 1.807) is 21.6 Å². The molecule has 2 N–H and O–H groups in total. The minimum Gasteiger partial charge on any atom is -0.324 e. The van der Waals surface area contributed by atoms with E-state index in [1.807, 2.05) is 24.3 Å². The van der Waals surface area contributed by atoms with Crippen LogP contribution in [0.1, 0.15) is 51.4 Å². The van der Waals surface area contributed by atoms with Crippen molar-refractivity contribution in [3.8, 4) is 5.82 Å². The summed E-state index contributed by atoms with van der Waals surface area (Å²) in [4.78, 5) is 27.3. The molecule has 0 spiro atoms. The maximum Gasteiger partial charge on any atom is 0.278 e. The molecule has 0 saturated carbocycles. The molecule has 0 aliphatic carbocycles. The van der Waals surface area contributed by atoms with Gasteiger partial charge in [-0.3, -0.25) is 4.79 Å². The molecular formula is C27H31N7O. The van der Waals surface area contributed by atoms with Crippen LogP contribution in [0.15, 0.2) is 60.0 Å². The van der Waals surface area contributed by atoms with Crippen LogP contribution in [0.3, 0.4) is 0 Å². The van der Waals surface area contributed by atoms with E-state index in [0.717, 1.165) is 17.9 Å². The lowest BCUT2D eigenvalue weighted by Crippen LogP contribution is -2.28. The summed E-state index contributed by atoms with van der Waals surface area (Å²) in [5, 5.41) is 7.27. The Labute approximate surface area is 204 Å². The van der Waals surface area contributed by atoms with E-state index in [-0.39, 0.29) is 16.5 Å². The second kappa shape index (κ2) is 8.16. The number of pyridine rings is 1. The number of fused-ring (bicyclic) bond motifs is 2. The third-order valence-electron chi connectivity index (χ3n) is 6.45. The highest BCUT2D eigenvalue weighted by molar-refractivity contribution is 5.77. The Balaban J connectivity index is 1.61. The first kappa shape index (κ1) is 23.0. The fourth-order valence-electron chi connectivity index (χ4n) is 4.54. The van der Waals surface area contributed by atoms with Crippen LogP contribution in [0, 0.1) is 0 Å². The van der Waals surface area contributed by atoms with Gasteiger partial charge in [0, 0.05) is 35.1 Å². The van der Waals surface area contributed by atoms with Crippen LogP contribution < -0.4 is 16.2 Å². The molecule has 0 radical (unpaired) electrons. The van der Waals surface area contributed by atoms with Crippen molar-refractivity contribution >= 4 is 22.7 Å². The van der Waals surface area contributed by atoms with Gasteiger partial charge in [0.05, 0.1) is 6.54 Å². The van der Waals surface area contributed by atoms with Crippen LogP contribution >= 0.6 is 0 Å². The van der Waals surface area contributed by atoms with Gasteiger partial charge in [-0.05, 0) is 49.2 Å². The van der Waals surface area contributed by atoms with Gasteiger partial charge in [-0.15, -0.1) is 6.58 Å². The van der Waals surface area contributed by atoms with E-state index in [9.17, 15) is 4.79 Å². The van der Waals surface area contributed by atoms with Crippen molar-refractivity contribution in [1.29, 1.82) is 0 Å². The minimum atomic E-state index is -0.180. The SMILES string of the molecule is C=CCn1c(=O)c2cnc(Nc3ccc4c(c3)CNC4(C)C)nc2n1-c1cccc(C(C)(C)C)n1. The predicted molar refractivity (Wildman–Crippen MR) is 139 cm³/mol. The molecule has 0 bridgehead atoms. The maximum atomic E-state index is 13.2. The van der Waals surface area contributed by atoms with Crippen molar-refractivity contribution in [2.75, 3.05) is 5.32 Å². The maximum absolute atomic E-state index is 13.2. The zero-order chi connectivity index (χ0) is 25.0. The summed E-state index contributed by atoms with van der Waals surface area (Å²) in [5.74, 6) is 1.04. The van der Waals surface area contributed by atoms with Crippen LogP contribution in [0.5, 0.6) is 0 Å². The summed E-state index contributed by atoms with van der Waals surface area (Å²) in [6, 6.07) is 12.1. The first-order valence-electron chi connectivity index (χ1n) is 11.8. The van der Waals surface area contributed by atoms with Crippen LogP contribution in [0.2, 0.25) is 0 Å². The molecule has 35 heavy (non-hydrogen) atoms. The number of hydrogen-bond donors (Lipinski definition) is 2. The van der Waals surface area contributed by atoms with Crippen LogP contribution in [-0.4, -0.2) is 24.3 Å². The summed E-state index contributed by atoms with van der Waals surface area (Å²) < 4.78 is 3.35. The highest BCUT2D eigenvalue weighted by atomic mass is 16.1. The van der Waals surface area contributed by atoms with Gasteiger partial charge in [-0.25, -0.2) is 19.3 Å². The van der Waals surface area contributed by atoms with E-state index in [0.29, 0.717) is 29.3 Å². The second-order valence-corrected chi connectivity index (χ2v) is 10.5. The third kappa shape index (κ3) is 4.04. The van der Waals surface area contributed by atoms with Gasteiger partial charge in [-0.1, -0.05) is 39.0 Å². The van der Waals surface area contributed by atoms with Gasteiger partial charge >= 0.3 is 0 Å². The first-order valence-corrected chi connectivity index (χ1v) is 11.8. The Hall–Kier alpha value is -3.78. The summed E-state index contributed by atoms with van der Waals surface area (Å²) in [5.41, 5.74) is 4.50. The monoisotopic (exact) mass is 469 g/mol. The Morgan fingerprint density at radius 3 is 2.74 bits per heavy atom. The number of nitrogens with zero attached hydrogens (tertiary/aromatic N) is 5. The predicted octanol–water partition coefficient (Wildman–Crippen LogP) is 4.54. The molecule has 0 fully saturated rings. The molecule has 0 saturated heterocycles. The molecule has 4 heterocycles.